The molecule has 1 fully saturated rings. The highest BCUT2D eigenvalue weighted by atomic mass is 16.1. The van der Waals surface area contributed by atoms with E-state index in [4.69, 9.17) is 0 Å². The quantitative estimate of drug-likeness (QED) is 0.767. The van der Waals surface area contributed by atoms with Gasteiger partial charge in [-0.2, -0.15) is 0 Å². The lowest BCUT2D eigenvalue weighted by Gasteiger charge is -2.26. The second-order valence-corrected chi connectivity index (χ2v) is 4.31. The normalized spacial score (nSPS) is 16.9. The van der Waals surface area contributed by atoms with E-state index in [9.17, 15) is 4.79 Å². The average molecular weight is 245 g/mol. The molecule has 4 heteroatoms. The van der Waals surface area contributed by atoms with Crippen molar-refractivity contribution in [3.05, 3.63) is 42.0 Å². The molecule has 1 aromatic carbocycles. The summed E-state index contributed by atoms with van der Waals surface area (Å²) in [5, 5.41) is 6.18. The molecule has 0 saturated carbocycles. The summed E-state index contributed by atoms with van der Waals surface area (Å²) >= 11 is 0. The molecule has 4 nitrogen and oxygen atoms in total. The second kappa shape index (κ2) is 6.93. The molecule has 1 aromatic rings. The summed E-state index contributed by atoms with van der Waals surface area (Å²) in [5.41, 5.74) is 1.04. The van der Waals surface area contributed by atoms with Crippen LogP contribution in [0.3, 0.4) is 0 Å². The van der Waals surface area contributed by atoms with Gasteiger partial charge >= 0.3 is 0 Å². The number of carbonyl (C=O) groups is 1. The van der Waals surface area contributed by atoms with E-state index >= 15 is 0 Å². The van der Waals surface area contributed by atoms with E-state index in [1.807, 2.05) is 36.4 Å². The van der Waals surface area contributed by atoms with Crippen LogP contribution in [0.25, 0.3) is 6.08 Å². The zero-order chi connectivity index (χ0) is 12.6. The first kappa shape index (κ1) is 12.8. The Morgan fingerprint density at radius 3 is 2.72 bits per heavy atom. The summed E-state index contributed by atoms with van der Waals surface area (Å²) < 4.78 is 0. The number of nitrogens with one attached hydrogen (secondary N) is 2. The molecule has 0 aliphatic carbocycles. The van der Waals surface area contributed by atoms with Crippen molar-refractivity contribution in [2.24, 2.45) is 0 Å². The minimum atomic E-state index is -0.0441. The molecule has 1 saturated heterocycles. The van der Waals surface area contributed by atoms with Crippen LogP contribution in [0.4, 0.5) is 0 Å². The van der Waals surface area contributed by atoms with Gasteiger partial charge in [0, 0.05) is 32.3 Å². The van der Waals surface area contributed by atoms with Crippen molar-refractivity contribution >= 4 is 12.0 Å². The van der Waals surface area contributed by atoms with Gasteiger partial charge in [0.1, 0.15) is 0 Å². The van der Waals surface area contributed by atoms with Crippen molar-refractivity contribution in [1.82, 2.24) is 15.5 Å². The van der Waals surface area contributed by atoms with Crippen LogP contribution in [-0.2, 0) is 4.79 Å². The van der Waals surface area contributed by atoms with Gasteiger partial charge in [0.2, 0.25) is 5.91 Å². The maximum Gasteiger partial charge on any atom is 0.245 e. The number of carbonyl (C=O) groups excluding carboxylic acids is 1. The molecule has 0 atom stereocenters. The van der Waals surface area contributed by atoms with Crippen molar-refractivity contribution in [3.8, 4) is 0 Å². The predicted octanol–water partition coefficient (Wildman–Crippen LogP) is 0.679. The van der Waals surface area contributed by atoms with E-state index in [1.54, 1.807) is 6.08 Å². The fourth-order valence-electron chi connectivity index (χ4n) is 1.85. The highest BCUT2D eigenvalue weighted by molar-refractivity contribution is 5.91. The standard InChI is InChI=1S/C14H19N3O/c18-14(7-6-13-4-2-1-3-5-13)16-12-17-10-8-15-9-11-17/h1-7,15H,8-12H2,(H,16,18)/b7-6+. The molecular weight excluding hydrogens is 226 g/mol. The first-order valence-electron chi connectivity index (χ1n) is 6.28. The van der Waals surface area contributed by atoms with Crippen molar-refractivity contribution in [1.29, 1.82) is 0 Å². The Morgan fingerprint density at radius 1 is 1.28 bits per heavy atom. The van der Waals surface area contributed by atoms with E-state index in [0.717, 1.165) is 31.7 Å². The maximum absolute atomic E-state index is 11.6. The lowest BCUT2D eigenvalue weighted by Crippen LogP contribution is -2.47. The Labute approximate surface area is 108 Å². The van der Waals surface area contributed by atoms with Gasteiger partial charge in [-0.25, -0.2) is 0 Å². The van der Waals surface area contributed by atoms with E-state index in [1.165, 1.54) is 0 Å². The van der Waals surface area contributed by atoms with Gasteiger partial charge in [-0.3, -0.25) is 9.69 Å². The summed E-state index contributed by atoms with van der Waals surface area (Å²) in [6.07, 6.45) is 3.41. The zero-order valence-corrected chi connectivity index (χ0v) is 10.4. The highest BCUT2D eigenvalue weighted by Gasteiger charge is 2.08. The summed E-state index contributed by atoms with van der Waals surface area (Å²) in [6.45, 7) is 4.59. The topological polar surface area (TPSA) is 44.4 Å². The first-order chi connectivity index (χ1) is 8.84. The smallest absolute Gasteiger partial charge is 0.245 e. The van der Waals surface area contributed by atoms with Crippen molar-refractivity contribution < 1.29 is 4.79 Å². The third-order valence-electron chi connectivity index (χ3n) is 2.91. The van der Waals surface area contributed by atoms with Gasteiger partial charge in [-0.05, 0) is 11.6 Å². The number of hydrogen-bond acceptors (Lipinski definition) is 3. The van der Waals surface area contributed by atoms with Crippen LogP contribution in [0.2, 0.25) is 0 Å². The summed E-state index contributed by atoms with van der Waals surface area (Å²) in [6, 6.07) is 9.82. The number of benzene rings is 1. The van der Waals surface area contributed by atoms with Crippen LogP contribution in [0.15, 0.2) is 36.4 Å². The molecule has 0 radical (unpaired) electrons. The molecule has 0 unspecified atom stereocenters. The molecule has 96 valence electrons. The number of nitrogens with zero attached hydrogens (tertiary/aromatic N) is 1. The second-order valence-electron chi connectivity index (χ2n) is 4.31. The summed E-state index contributed by atoms with van der Waals surface area (Å²) in [7, 11) is 0. The van der Waals surface area contributed by atoms with Crippen molar-refractivity contribution in [2.75, 3.05) is 32.8 Å². The van der Waals surface area contributed by atoms with Gasteiger partial charge < -0.3 is 10.6 Å². The molecule has 0 aromatic heterocycles. The Morgan fingerprint density at radius 2 is 2.00 bits per heavy atom. The van der Waals surface area contributed by atoms with Crippen LogP contribution in [0.1, 0.15) is 5.56 Å². The molecule has 2 N–H and O–H groups in total. The first-order valence-corrected chi connectivity index (χ1v) is 6.28. The molecule has 1 heterocycles. The lowest BCUT2D eigenvalue weighted by molar-refractivity contribution is -0.117. The molecule has 1 amide bonds. The van der Waals surface area contributed by atoms with Crippen LogP contribution in [0.5, 0.6) is 0 Å². The number of piperazine rings is 1. The minimum Gasteiger partial charge on any atom is -0.340 e. The number of rotatable bonds is 4. The zero-order valence-electron chi connectivity index (χ0n) is 10.4. The third kappa shape index (κ3) is 4.31. The fourth-order valence-corrected chi connectivity index (χ4v) is 1.85. The minimum absolute atomic E-state index is 0.0441. The SMILES string of the molecule is O=C(/C=C/c1ccccc1)NCN1CCNCC1. The molecular formula is C14H19N3O. The molecule has 1 aliphatic heterocycles. The Kier molecular flexibility index (Phi) is 4.93. The molecule has 2 rings (SSSR count). The molecule has 0 bridgehead atoms. The third-order valence-corrected chi connectivity index (χ3v) is 2.91. The predicted molar refractivity (Wildman–Crippen MR) is 72.9 cm³/mol. The van der Waals surface area contributed by atoms with Crippen LogP contribution in [0, 0.1) is 0 Å². The van der Waals surface area contributed by atoms with Gasteiger partial charge in [0.05, 0.1) is 6.67 Å². The largest absolute Gasteiger partial charge is 0.340 e. The molecule has 18 heavy (non-hydrogen) atoms. The van der Waals surface area contributed by atoms with E-state index in [-0.39, 0.29) is 5.91 Å². The maximum atomic E-state index is 11.6. The number of hydrogen-bond donors (Lipinski definition) is 2. The van der Waals surface area contributed by atoms with Crippen molar-refractivity contribution in [3.63, 3.8) is 0 Å². The Hall–Kier alpha value is -1.65. The average Bonchev–Trinajstić information content (AvgIpc) is 2.45. The molecule has 1 aliphatic rings. The van der Waals surface area contributed by atoms with Gasteiger partial charge in [0.25, 0.3) is 0 Å². The summed E-state index contributed by atoms with van der Waals surface area (Å²) in [4.78, 5) is 13.8. The van der Waals surface area contributed by atoms with E-state index in [2.05, 4.69) is 15.5 Å². The van der Waals surface area contributed by atoms with E-state index in [0.29, 0.717) is 6.67 Å². The van der Waals surface area contributed by atoms with Gasteiger partial charge in [-0.15, -0.1) is 0 Å². The highest BCUT2D eigenvalue weighted by Crippen LogP contribution is 2.00. The number of amides is 1. The van der Waals surface area contributed by atoms with E-state index < -0.39 is 0 Å². The Bertz CT molecular complexity index is 397. The van der Waals surface area contributed by atoms with Gasteiger partial charge in [0.15, 0.2) is 0 Å². The van der Waals surface area contributed by atoms with Crippen LogP contribution >= 0.6 is 0 Å². The molecule has 0 spiro atoms. The fraction of sp³-hybridized carbons (Fsp3) is 0.357. The van der Waals surface area contributed by atoms with Crippen molar-refractivity contribution in [2.45, 2.75) is 0 Å². The monoisotopic (exact) mass is 245 g/mol. The van der Waals surface area contributed by atoms with Gasteiger partial charge in [-0.1, -0.05) is 30.3 Å². The van der Waals surface area contributed by atoms with Crippen LogP contribution in [-0.4, -0.2) is 43.7 Å². The Balaban J connectivity index is 1.73. The van der Waals surface area contributed by atoms with Crippen LogP contribution < -0.4 is 10.6 Å². The lowest BCUT2D eigenvalue weighted by atomic mass is 10.2. The summed E-state index contributed by atoms with van der Waals surface area (Å²) in [5.74, 6) is -0.0441.